The number of nitrogens with zero attached hydrogens (tertiary/aromatic N) is 2. The second kappa shape index (κ2) is 11.5. The number of hydrogen-bond donors (Lipinski definition) is 1. The highest BCUT2D eigenvalue weighted by Crippen LogP contribution is 2.55. The van der Waals surface area contributed by atoms with Crippen molar-refractivity contribution in [3.63, 3.8) is 0 Å². The lowest BCUT2D eigenvalue weighted by molar-refractivity contribution is -0.166. The molecule has 0 bridgehead atoms. The number of hydrogen-bond acceptors (Lipinski definition) is 9. The molecule has 1 aromatic rings. The van der Waals surface area contributed by atoms with Gasteiger partial charge in [0.15, 0.2) is 0 Å². The Hall–Kier alpha value is -2.93. The van der Waals surface area contributed by atoms with Crippen molar-refractivity contribution in [3.8, 4) is 5.75 Å². The summed E-state index contributed by atoms with van der Waals surface area (Å²) in [5.41, 5.74) is -3.92. The minimum absolute atomic E-state index is 0.0156. The monoisotopic (exact) mass is 491 g/mol. The molecule has 0 fully saturated rings. The molecule has 1 aliphatic rings. The zero-order valence-electron chi connectivity index (χ0n) is 19.4. The van der Waals surface area contributed by atoms with Crippen LogP contribution in [0, 0.1) is 0 Å². The molecule has 0 aliphatic carbocycles. The van der Waals surface area contributed by atoms with Crippen LogP contribution in [0.1, 0.15) is 36.7 Å². The third-order valence-corrected chi connectivity index (χ3v) is 4.25. The summed E-state index contributed by atoms with van der Waals surface area (Å²) in [7, 11) is 1.11. The number of carbonyl (C=O) groups is 2. The van der Waals surface area contributed by atoms with Gasteiger partial charge in [-0.25, -0.2) is 9.59 Å². The number of halogens is 3. The Bertz CT molecular complexity index is 879. The van der Waals surface area contributed by atoms with Crippen LogP contribution in [0.25, 0.3) is 0 Å². The fraction of sp³-hybridized carbons (Fsp3) is 0.619. The first-order chi connectivity index (χ1) is 15.9. The molecular formula is C21H28F3N3O7. The largest absolute Gasteiger partial charge is 0.490 e. The molecule has 10 nitrogen and oxygen atoms in total. The summed E-state index contributed by atoms with van der Waals surface area (Å²) in [6, 6.07) is 3.71. The number of nitrogens with one attached hydrogen (secondary N) is 1. The van der Waals surface area contributed by atoms with Crippen molar-refractivity contribution in [2.45, 2.75) is 38.2 Å². The fourth-order valence-corrected chi connectivity index (χ4v) is 2.73. The number of alkyl carbamates (subject to hydrolysis) is 1. The van der Waals surface area contributed by atoms with E-state index in [9.17, 15) is 22.8 Å². The standard InChI is InChI=1S/C21H28F3N3O7/c1-19(2,3)34-18(29)25-8-9-31-10-11-32-12-13-33-16-14(17(28)30-4)6-5-7-15(16)20(26-27-20)21(22,23)24/h5-7H,8-13H2,1-4H3,(H,25,29). The van der Waals surface area contributed by atoms with E-state index in [0.29, 0.717) is 0 Å². The number of ether oxygens (including phenoxy) is 5. The van der Waals surface area contributed by atoms with E-state index >= 15 is 0 Å². The zero-order chi connectivity index (χ0) is 25.4. The van der Waals surface area contributed by atoms with Crippen molar-refractivity contribution in [2.24, 2.45) is 10.2 Å². The summed E-state index contributed by atoms with van der Waals surface area (Å²) < 4.78 is 66.3. The van der Waals surface area contributed by atoms with Gasteiger partial charge in [-0.2, -0.15) is 13.2 Å². The summed E-state index contributed by atoms with van der Waals surface area (Å²) in [6.45, 7) is 6.02. The maximum Gasteiger partial charge on any atom is 0.442 e. The maximum absolute atomic E-state index is 13.5. The lowest BCUT2D eigenvalue weighted by atomic mass is 9.98. The molecule has 0 saturated heterocycles. The first-order valence-electron chi connectivity index (χ1n) is 10.4. The molecule has 0 radical (unpaired) electrons. The third-order valence-electron chi connectivity index (χ3n) is 4.25. The van der Waals surface area contributed by atoms with Crippen LogP contribution in [0.2, 0.25) is 0 Å². The Morgan fingerprint density at radius 3 is 2.18 bits per heavy atom. The fourth-order valence-electron chi connectivity index (χ4n) is 2.73. The van der Waals surface area contributed by atoms with Crippen LogP contribution in [0.3, 0.4) is 0 Å². The molecular weight excluding hydrogens is 463 g/mol. The summed E-state index contributed by atoms with van der Waals surface area (Å²) in [5, 5.41) is 8.88. The second-order valence-electron chi connectivity index (χ2n) is 8.05. The van der Waals surface area contributed by atoms with Gasteiger partial charge in [-0.05, 0) is 26.8 Å². The molecule has 190 valence electrons. The van der Waals surface area contributed by atoms with Gasteiger partial charge in [-0.3, -0.25) is 0 Å². The van der Waals surface area contributed by atoms with Gasteiger partial charge in [-0.15, -0.1) is 10.2 Å². The number of carbonyl (C=O) groups excluding carboxylic acids is 2. The SMILES string of the molecule is COC(=O)c1cccc(C2(C(F)(F)F)N=N2)c1OCCOCCOCCNC(=O)OC(C)(C)C. The first-order valence-corrected chi connectivity index (χ1v) is 10.4. The molecule has 1 amide bonds. The van der Waals surface area contributed by atoms with E-state index in [4.69, 9.17) is 18.9 Å². The van der Waals surface area contributed by atoms with Gasteiger partial charge in [0.05, 0.1) is 39.1 Å². The predicted molar refractivity (Wildman–Crippen MR) is 112 cm³/mol. The van der Waals surface area contributed by atoms with Crippen molar-refractivity contribution in [1.29, 1.82) is 0 Å². The topological polar surface area (TPSA) is 117 Å². The van der Waals surface area contributed by atoms with Crippen LogP contribution in [-0.4, -0.2) is 70.5 Å². The van der Waals surface area contributed by atoms with Crippen LogP contribution < -0.4 is 10.1 Å². The van der Waals surface area contributed by atoms with E-state index in [-0.39, 0.29) is 50.9 Å². The number of amides is 1. The molecule has 0 atom stereocenters. The number of esters is 1. The first kappa shape index (κ1) is 27.3. The van der Waals surface area contributed by atoms with E-state index in [1.165, 1.54) is 12.1 Å². The maximum atomic E-state index is 13.5. The normalized spacial score (nSPS) is 14.4. The van der Waals surface area contributed by atoms with Gasteiger partial charge in [0.1, 0.15) is 23.5 Å². The van der Waals surface area contributed by atoms with Crippen LogP contribution in [-0.2, 0) is 24.6 Å². The number of para-hydroxylation sites is 1. The van der Waals surface area contributed by atoms with Gasteiger partial charge in [0.2, 0.25) is 0 Å². The van der Waals surface area contributed by atoms with Crippen molar-refractivity contribution < 1.29 is 46.4 Å². The Morgan fingerprint density at radius 1 is 1.00 bits per heavy atom. The molecule has 1 heterocycles. The van der Waals surface area contributed by atoms with E-state index in [1.807, 2.05) is 0 Å². The van der Waals surface area contributed by atoms with Gasteiger partial charge in [0, 0.05) is 6.54 Å². The van der Waals surface area contributed by atoms with E-state index in [2.05, 4.69) is 20.3 Å². The van der Waals surface area contributed by atoms with E-state index in [1.54, 1.807) is 20.8 Å². The average Bonchev–Trinajstić information content (AvgIpc) is 3.55. The minimum atomic E-state index is -4.79. The molecule has 1 aromatic carbocycles. The van der Waals surface area contributed by atoms with Crippen LogP contribution in [0.4, 0.5) is 18.0 Å². The molecule has 0 unspecified atom stereocenters. The quantitative estimate of drug-likeness (QED) is 0.351. The van der Waals surface area contributed by atoms with Crippen LogP contribution in [0.15, 0.2) is 28.4 Å². The highest BCUT2D eigenvalue weighted by atomic mass is 19.4. The molecule has 0 aromatic heterocycles. The molecule has 1 N–H and O–H groups in total. The minimum Gasteiger partial charge on any atom is -0.490 e. The van der Waals surface area contributed by atoms with Crippen molar-refractivity contribution >= 4 is 12.1 Å². The van der Waals surface area contributed by atoms with E-state index < -0.39 is 35.1 Å². The Labute approximate surface area is 194 Å². The summed E-state index contributed by atoms with van der Waals surface area (Å²) >= 11 is 0. The summed E-state index contributed by atoms with van der Waals surface area (Å²) in [5.74, 6) is -1.17. The van der Waals surface area contributed by atoms with Gasteiger partial charge >= 0.3 is 23.9 Å². The van der Waals surface area contributed by atoms with Crippen molar-refractivity contribution in [2.75, 3.05) is 46.7 Å². The zero-order valence-corrected chi connectivity index (χ0v) is 19.4. The summed E-state index contributed by atoms with van der Waals surface area (Å²) in [6.07, 6.45) is -5.33. The smallest absolute Gasteiger partial charge is 0.442 e. The molecule has 34 heavy (non-hydrogen) atoms. The van der Waals surface area contributed by atoms with Gasteiger partial charge < -0.3 is 29.0 Å². The molecule has 0 spiro atoms. The van der Waals surface area contributed by atoms with Crippen LogP contribution in [0.5, 0.6) is 5.75 Å². The van der Waals surface area contributed by atoms with Gasteiger partial charge in [-0.1, -0.05) is 12.1 Å². The number of alkyl halides is 3. The summed E-state index contributed by atoms with van der Waals surface area (Å²) in [4.78, 5) is 23.5. The highest BCUT2D eigenvalue weighted by molar-refractivity contribution is 5.93. The van der Waals surface area contributed by atoms with E-state index in [0.717, 1.165) is 13.2 Å². The van der Waals surface area contributed by atoms with Gasteiger partial charge in [0.25, 0.3) is 0 Å². The third kappa shape index (κ3) is 7.55. The lowest BCUT2D eigenvalue weighted by Crippen LogP contribution is -2.34. The number of methoxy groups -OCH3 is 1. The Morgan fingerprint density at radius 2 is 1.62 bits per heavy atom. The Kier molecular flexibility index (Phi) is 9.21. The average molecular weight is 491 g/mol. The highest BCUT2D eigenvalue weighted by Gasteiger charge is 2.66. The Balaban J connectivity index is 1.77. The molecule has 0 saturated carbocycles. The predicted octanol–water partition coefficient (Wildman–Crippen LogP) is 3.59. The molecule has 13 heteroatoms. The van der Waals surface area contributed by atoms with Crippen molar-refractivity contribution in [3.05, 3.63) is 29.3 Å². The van der Waals surface area contributed by atoms with Crippen molar-refractivity contribution in [1.82, 2.24) is 5.32 Å². The van der Waals surface area contributed by atoms with Crippen LogP contribution >= 0.6 is 0 Å². The second-order valence-corrected chi connectivity index (χ2v) is 8.05. The molecule has 1 aliphatic heterocycles. The number of rotatable bonds is 12. The number of benzene rings is 1. The molecule has 2 rings (SSSR count). The lowest BCUT2D eigenvalue weighted by Gasteiger charge is -2.20.